The molecule has 4 nitrogen and oxygen atoms in total. The minimum Gasteiger partial charge on any atom is -0.491 e. The van der Waals surface area contributed by atoms with E-state index in [0.717, 1.165) is 36.2 Å². The average Bonchev–Trinajstić information content (AvgIpc) is 2.93. The normalized spacial score (nSPS) is 33.6. The van der Waals surface area contributed by atoms with E-state index in [1.165, 1.54) is 5.57 Å². The summed E-state index contributed by atoms with van der Waals surface area (Å²) in [6, 6.07) is 0. The van der Waals surface area contributed by atoms with E-state index in [0.29, 0.717) is 25.2 Å². The third-order valence-electron chi connectivity index (χ3n) is 6.14. The summed E-state index contributed by atoms with van der Waals surface area (Å²) in [6.07, 6.45) is 8.25. The zero-order chi connectivity index (χ0) is 18.2. The fraction of sp³-hybridized carbons (Fsp3) is 0.667. The molecule has 1 aliphatic heterocycles. The molecule has 1 heterocycles. The van der Waals surface area contributed by atoms with Crippen LogP contribution in [0.4, 0.5) is 0 Å². The van der Waals surface area contributed by atoms with Crippen molar-refractivity contribution in [3.8, 4) is 0 Å². The molecule has 3 aliphatic rings. The van der Waals surface area contributed by atoms with Crippen LogP contribution in [-0.2, 0) is 9.53 Å². The van der Waals surface area contributed by atoms with Crippen molar-refractivity contribution in [1.82, 2.24) is 0 Å². The van der Waals surface area contributed by atoms with Crippen LogP contribution in [0, 0.1) is 11.8 Å². The number of carbonyl (C=O) groups excluding carboxylic acids is 1. The molecule has 4 atom stereocenters. The molecule has 0 aromatic rings. The molecule has 0 fully saturated rings. The lowest BCUT2D eigenvalue weighted by Gasteiger charge is -2.43. The summed E-state index contributed by atoms with van der Waals surface area (Å²) >= 11 is 0. The number of rotatable bonds is 5. The molecule has 4 heteroatoms. The average molecular weight is 346 g/mol. The molecule has 0 saturated heterocycles. The van der Waals surface area contributed by atoms with Crippen LogP contribution in [0.2, 0.25) is 0 Å². The maximum absolute atomic E-state index is 12.4. The van der Waals surface area contributed by atoms with Gasteiger partial charge in [-0.25, -0.2) is 0 Å². The summed E-state index contributed by atoms with van der Waals surface area (Å²) in [5.41, 5.74) is 2.87. The Balaban J connectivity index is 1.73. The van der Waals surface area contributed by atoms with Crippen LogP contribution in [0.25, 0.3) is 0 Å². The van der Waals surface area contributed by atoms with Crippen molar-refractivity contribution >= 4 is 5.78 Å². The monoisotopic (exact) mass is 346 g/mol. The van der Waals surface area contributed by atoms with Gasteiger partial charge in [-0.1, -0.05) is 30.2 Å². The highest BCUT2D eigenvalue weighted by molar-refractivity contribution is 6.00. The van der Waals surface area contributed by atoms with Gasteiger partial charge < -0.3 is 14.9 Å². The van der Waals surface area contributed by atoms with E-state index in [-0.39, 0.29) is 23.9 Å². The first-order valence-electron chi connectivity index (χ1n) is 9.45. The van der Waals surface area contributed by atoms with E-state index in [1.807, 2.05) is 6.92 Å². The van der Waals surface area contributed by atoms with Crippen molar-refractivity contribution in [1.29, 1.82) is 0 Å². The van der Waals surface area contributed by atoms with Gasteiger partial charge in [-0.3, -0.25) is 4.79 Å². The van der Waals surface area contributed by atoms with Crippen LogP contribution in [-0.4, -0.2) is 34.3 Å². The molecular formula is C21H30O4. The van der Waals surface area contributed by atoms with Crippen molar-refractivity contribution in [2.24, 2.45) is 11.8 Å². The number of carbonyl (C=O) groups is 1. The maximum atomic E-state index is 12.4. The number of ether oxygens (including phenoxy) is 1. The lowest BCUT2D eigenvalue weighted by molar-refractivity contribution is -0.127. The van der Waals surface area contributed by atoms with E-state index in [4.69, 9.17) is 9.84 Å². The Labute approximate surface area is 150 Å². The summed E-state index contributed by atoms with van der Waals surface area (Å²) in [5.74, 6) is 1.32. The number of fused-ring (bicyclic) bond motifs is 1. The summed E-state index contributed by atoms with van der Waals surface area (Å²) in [7, 11) is 0. The first-order valence-corrected chi connectivity index (χ1v) is 9.45. The second kappa shape index (κ2) is 7.08. The molecule has 4 unspecified atom stereocenters. The molecule has 0 spiro atoms. The number of hydrogen-bond donors (Lipinski definition) is 2. The molecule has 2 N–H and O–H groups in total. The van der Waals surface area contributed by atoms with Crippen molar-refractivity contribution in [3.05, 3.63) is 34.6 Å². The zero-order valence-electron chi connectivity index (χ0n) is 15.5. The lowest BCUT2D eigenvalue weighted by Crippen LogP contribution is -2.43. The molecule has 0 bridgehead atoms. The van der Waals surface area contributed by atoms with Gasteiger partial charge in [0.1, 0.15) is 17.5 Å². The van der Waals surface area contributed by atoms with Crippen molar-refractivity contribution in [2.75, 3.05) is 6.61 Å². The predicted molar refractivity (Wildman–Crippen MR) is 96.8 cm³/mol. The van der Waals surface area contributed by atoms with Crippen LogP contribution in [0.3, 0.4) is 0 Å². The summed E-state index contributed by atoms with van der Waals surface area (Å²) < 4.78 is 6.31. The van der Waals surface area contributed by atoms with E-state index in [1.54, 1.807) is 0 Å². The van der Waals surface area contributed by atoms with Crippen LogP contribution in [0.15, 0.2) is 34.6 Å². The maximum Gasteiger partial charge on any atom is 0.190 e. The van der Waals surface area contributed by atoms with Crippen molar-refractivity contribution in [3.63, 3.8) is 0 Å². The summed E-state index contributed by atoms with van der Waals surface area (Å²) in [6.45, 7) is 6.46. The van der Waals surface area contributed by atoms with Crippen molar-refractivity contribution < 1.29 is 19.7 Å². The van der Waals surface area contributed by atoms with Crippen LogP contribution in [0.5, 0.6) is 0 Å². The minimum atomic E-state index is -0.857. The molecule has 0 aromatic carbocycles. The first kappa shape index (κ1) is 18.4. The number of aliphatic hydroxyl groups is 2. The number of ketones is 1. The van der Waals surface area contributed by atoms with E-state index < -0.39 is 6.10 Å². The minimum absolute atomic E-state index is 0.118. The predicted octanol–water partition coefficient (Wildman–Crippen LogP) is 3.44. The highest BCUT2D eigenvalue weighted by Crippen LogP contribution is 2.51. The number of aliphatic hydroxyl groups excluding tert-OH is 2. The molecule has 0 aromatic heterocycles. The van der Waals surface area contributed by atoms with E-state index >= 15 is 0 Å². The molecule has 3 rings (SSSR count). The van der Waals surface area contributed by atoms with Gasteiger partial charge in [-0.05, 0) is 45.4 Å². The highest BCUT2D eigenvalue weighted by Gasteiger charge is 2.49. The van der Waals surface area contributed by atoms with Crippen LogP contribution < -0.4 is 0 Å². The lowest BCUT2D eigenvalue weighted by atomic mass is 9.74. The van der Waals surface area contributed by atoms with Gasteiger partial charge in [0.05, 0.1) is 6.61 Å². The topological polar surface area (TPSA) is 66.8 Å². The number of allylic oxidation sites excluding steroid dienone is 2. The quantitative estimate of drug-likeness (QED) is 0.748. The van der Waals surface area contributed by atoms with E-state index in [9.17, 15) is 9.90 Å². The molecule has 0 amide bonds. The molecule has 2 aliphatic carbocycles. The summed E-state index contributed by atoms with van der Waals surface area (Å²) in [4.78, 5) is 12.4. The smallest absolute Gasteiger partial charge is 0.190 e. The molecular weight excluding hydrogens is 316 g/mol. The third kappa shape index (κ3) is 3.47. The summed E-state index contributed by atoms with van der Waals surface area (Å²) in [5, 5.41) is 19.0. The molecule has 25 heavy (non-hydrogen) atoms. The van der Waals surface area contributed by atoms with E-state index in [2.05, 4.69) is 26.0 Å². The van der Waals surface area contributed by atoms with Gasteiger partial charge in [0.25, 0.3) is 0 Å². The van der Waals surface area contributed by atoms with Gasteiger partial charge in [0.2, 0.25) is 0 Å². The fourth-order valence-electron chi connectivity index (χ4n) is 4.46. The Morgan fingerprint density at radius 2 is 2.28 bits per heavy atom. The largest absolute Gasteiger partial charge is 0.491 e. The highest BCUT2D eigenvalue weighted by atomic mass is 16.5. The first-order chi connectivity index (χ1) is 11.9. The van der Waals surface area contributed by atoms with Gasteiger partial charge >= 0.3 is 0 Å². The van der Waals surface area contributed by atoms with Crippen molar-refractivity contribution in [2.45, 2.75) is 71.0 Å². The SMILES string of the molecule is CC(=CCCC(C)C1=CCC2(C)OC3=C(CC12)C(=O)C(O)CC3)CO. The Kier molecular flexibility index (Phi) is 5.21. The number of Topliss-reactive ketones (excluding diaryl/α,β-unsaturated/α-hetero) is 1. The Bertz CT molecular complexity index is 642. The van der Waals surface area contributed by atoms with Gasteiger partial charge in [0.15, 0.2) is 5.78 Å². The van der Waals surface area contributed by atoms with Crippen LogP contribution >= 0.6 is 0 Å². The number of hydrogen-bond acceptors (Lipinski definition) is 4. The van der Waals surface area contributed by atoms with Gasteiger partial charge in [-0.2, -0.15) is 0 Å². The molecule has 138 valence electrons. The zero-order valence-corrected chi connectivity index (χ0v) is 15.5. The Hall–Kier alpha value is -1.39. The second-order valence-electron chi connectivity index (χ2n) is 8.09. The van der Waals surface area contributed by atoms with Gasteiger partial charge in [-0.15, -0.1) is 0 Å². The molecule has 0 radical (unpaired) electrons. The second-order valence-corrected chi connectivity index (χ2v) is 8.09. The fourth-order valence-corrected chi connectivity index (χ4v) is 4.46. The standard InChI is InChI=1S/C21H30O4/c1-13(12-22)5-4-6-14(2)15-9-10-21(3)17(15)11-16-19(25-21)8-7-18(23)20(16)24/h5,9,14,17-18,22-23H,4,6-8,10-12H2,1-3H3. The Morgan fingerprint density at radius 3 is 3.00 bits per heavy atom. The van der Waals surface area contributed by atoms with Crippen LogP contribution in [0.1, 0.15) is 59.3 Å². The third-order valence-corrected chi connectivity index (χ3v) is 6.14. The Morgan fingerprint density at radius 1 is 1.52 bits per heavy atom. The molecule has 0 saturated carbocycles. The van der Waals surface area contributed by atoms with Gasteiger partial charge in [0, 0.05) is 24.3 Å².